The average Bonchev–Trinajstić information content (AvgIpc) is 3.21. The highest BCUT2D eigenvalue weighted by atomic mass is 32.1. The first-order chi connectivity index (χ1) is 11.5. The second-order valence-corrected chi connectivity index (χ2v) is 7.98. The second kappa shape index (κ2) is 5.82. The van der Waals surface area contributed by atoms with Crippen LogP contribution in [0.15, 0.2) is 18.9 Å². The van der Waals surface area contributed by atoms with E-state index in [1.54, 1.807) is 28.7 Å². The monoisotopic (exact) mass is 347 g/mol. The fourth-order valence-corrected chi connectivity index (χ4v) is 3.64. The van der Waals surface area contributed by atoms with Crippen LogP contribution in [0.5, 0.6) is 0 Å². The zero-order chi connectivity index (χ0) is 16.7. The lowest BCUT2D eigenvalue weighted by Gasteiger charge is -2.32. The molecule has 0 spiro atoms. The van der Waals surface area contributed by atoms with Crippen LogP contribution in [-0.2, 0) is 16.7 Å². The van der Waals surface area contributed by atoms with Crippen LogP contribution < -0.4 is 4.90 Å². The van der Waals surface area contributed by atoms with Crippen LogP contribution in [0, 0.1) is 0 Å². The van der Waals surface area contributed by atoms with Gasteiger partial charge in [0.1, 0.15) is 12.7 Å². The van der Waals surface area contributed by atoms with Gasteiger partial charge in [0.2, 0.25) is 10.1 Å². The number of rotatable bonds is 3. The highest BCUT2D eigenvalue weighted by Gasteiger charge is 2.25. The molecule has 0 bridgehead atoms. The summed E-state index contributed by atoms with van der Waals surface area (Å²) >= 11 is 1.63. The summed E-state index contributed by atoms with van der Waals surface area (Å²) in [7, 11) is 0. The van der Waals surface area contributed by atoms with Gasteiger partial charge >= 0.3 is 0 Å². The summed E-state index contributed by atoms with van der Waals surface area (Å²) < 4.78 is 9.54. The van der Waals surface area contributed by atoms with E-state index in [4.69, 9.17) is 14.8 Å². The molecule has 4 heterocycles. The number of anilines is 1. The molecule has 0 aromatic carbocycles. The summed E-state index contributed by atoms with van der Waals surface area (Å²) in [5.74, 6) is 0. The molecule has 0 aliphatic carbocycles. The van der Waals surface area contributed by atoms with Crippen LogP contribution in [0.25, 0.3) is 4.96 Å². The molecule has 0 saturated carbocycles. The number of hydrogen-bond acceptors (Lipinski definition) is 7. The summed E-state index contributed by atoms with van der Waals surface area (Å²) in [4.78, 5) is 11.9. The van der Waals surface area contributed by atoms with Crippen molar-refractivity contribution in [3.05, 3.63) is 24.5 Å². The van der Waals surface area contributed by atoms with E-state index in [9.17, 15) is 0 Å². The maximum Gasteiger partial charge on any atom is 0.214 e. The minimum Gasteiger partial charge on any atom is -0.373 e. The number of fused-ring (bicyclic) bond motifs is 1. The SMILES string of the molecule is CC(C)(C)c1cn2nc(N3CCO[C@H](Cn4cncn4)C3)sc2n1. The van der Waals surface area contributed by atoms with Crippen molar-refractivity contribution in [1.29, 1.82) is 0 Å². The first kappa shape index (κ1) is 15.5. The third-order valence-corrected chi connectivity index (χ3v) is 5.05. The van der Waals surface area contributed by atoms with Gasteiger partial charge in [0.15, 0.2) is 0 Å². The summed E-state index contributed by atoms with van der Waals surface area (Å²) in [6.45, 7) is 9.52. The lowest BCUT2D eigenvalue weighted by molar-refractivity contribution is 0.0273. The summed E-state index contributed by atoms with van der Waals surface area (Å²) in [5, 5.41) is 9.85. The third kappa shape index (κ3) is 3.01. The number of nitrogens with zero attached hydrogens (tertiary/aromatic N) is 7. The highest BCUT2D eigenvalue weighted by Crippen LogP contribution is 2.28. The standard InChI is InChI=1S/C15H21N7OS/c1-15(2,3)12-8-22-13(18-12)24-14(19-22)20-4-5-23-11(6-20)7-21-10-16-9-17-21/h8-11H,4-7H2,1-3H3/t11-/m0/s1. The van der Waals surface area contributed by atoms with Gasteiger partial charge in [-0.1, -0.05) is 32.1 Å². The molecule has 0 unspecified atom stereocenters. The van der Waals surface area contributed by atoms with Crippen LogP contribution in [0.3, 0.4) is 0 Å². The molecule has 1 atom stereocenters. The lowest BCUT2D eigenvalue weighted by atomic mass is 9.93. The van der Waals surface area contributed by atoms with Gasteiger partial charge in [0.05, 0.1) is 31.1 Å². The molecule has 128 valence electrons. The summed E-state index contributed by atoms with van der Waals surface area (Å²) in [5.41, 5.74) is 1.11. The van der Waals surface area contributed by atoms with Crippen LogP contribution in [0.2, 0.25) is 0 Å². The Balaban J connectivity index is 1.50. The number of aromatic nitrogens is 6. The van der Waals surface area contributed by atoms with Crippen molar-refractivity contribution < 1.29 is 4.74 Å². The van der Waals surface area contributed by atoms with Gasteiger partial charge in [0, 0.05) is 18.5 Å². The molecular formula is C15H21N7OS. The Labute approximate surface area is 144 Å². The zero-order valence-corrected chi connectivity index (χ0v) is 14.9. The van der Waals surface area contributed by atoms with Crippen LogP contribution in [-0.4, -0.2) is 55.2 Å². The van der Waals surface area contributed by atoms with E-state index in [2.05, 4.69) is 35.8 Å². The van der Waals surface area contributed by atoms with Crippen LogP contribution in [0.1, 0.15) is 26.5 Å². The quantitative estimate of drug-likeness (QED) is 0.716. The molecule has 0 amide bonds. The Morgan fingerprint density at radius 2 is 2.25 bits per heavy atom. The third-order valence-electron chi connectivity index (χ3n) is 4.07. The first-order valence-corrected chi connectivity index (χ1v) is 8.86. The Kier molecular flexibility index (Phi) is 3.76. The highest BCUT2D eigenvalue weighted by molar-refractivity contribution is 7.20. The zero-order valence-electron chi connectivity index (χ0n) is 14.1. The fraction of sp³-hybridized carbons (Fsp3) is 0.600. The van der Waals surface area contributed by atoms with Gasteiger partial charge in [-0.3, -0.25) is 4.68 Å². The number of morpholine rings is 1. The first-order valence-electron chi connectivity index (χ1n) is 8.05. The maximum atomic E-state index is 5.85. The van der Waals surface area contributed by atoms with Crippen molar-refractivity contribution in [3.8, 4) is 0 Å². The van der Waals surface area contributed by atoms with E-state index in [0.29, 0.717) is 13.2 Å². The van der Waals surface area contributed by atoms with Crippen molar-refractivity contribution >= 4 is 21.4 Å². The van der Waals surface area contributed by atoms with Crippen molar-refractivity contribution in [2.75, 3.05) is 24.6 Å². The molecule has 3 aromatic heterocycles. The minimum absolute atomic E-state index is 0.0371. The van der Waals surface area contributed by atoms with Crippen molar-refractivity contribution in [1.82, 2.24) is 29.4 Å². The van der Waals surface area contributed by atoms with E-state index in [1.807, 2.05) is 10.7 Å². The Hall–Kier alpha value is -2.00. The molecule has 9 heteroatoms. The predicted molar refractivity (Wildman–Crippen MR) is 91.5 cm³/mol. The van der Waals surface area contributed by atoms with Gasteiger partial charge in [0.25, 0.3) is 0 Å². The van der Waals surface area contributed by atoms with E-state index in [-0.39, 0.29) is 11.5 Å². The molecule has 0 radical (unpaired) electrons. The maximum absolute atomic E-state index is 5.85. The van der Waals surface area contributed by atoms with Gasteiger partial charge < -0.3 is 9.64 Å². The second-order valence-electron chi connectivity index (χ2n) is 7.04. The van der Waals surface area contributed by atoms with E-state index in [1.165, 1.54) is 0 Å². The Morgan fingerprint density at radius 1 is 1.38 bits per heavy atom. The lowest BCUT2D eigenvalue weighted by Crippen LogP contribution is -2.44. The molecular weight excluding hydrogens is 326 g/mol. The summed E-state index contributed by atoms with van der Waals surface area (Å²) in [6.07, 6.45) is 5.38. The van der Waals surface area contributed by atoms with Crippen LogP contribution in [0.4, 0.5) is 5.13 Å². The van der Waals surface area contributed by atoms with Gasteiger partial charge in [-0.05, 0) is 0 Å². The normalized spacial score (nSPS) is 19.3. The van der Waals surface area contributed by atoms with Crippen molar-refractivity contribution in [3.63, 3.8) is 0 Å². The van der Waals surface area contributed by atoms with Gasteiger partial charge in [-0.25, -0.2) is 14.5 Å². The predicted octanol–water partition coefficient (Wildman–Crippen LogP) is 1.59. The molecule has 1 aliphatic rings. The molecule has 24 heavy (non-hydrogen) atoms. The van der Waals surface area contributed by atoms with E-state index in [0.717, 1.165) is 28.9 Å². The van der Waals surface area contributed by atoms with E-state index >= 15 is 0 Å². The van der Waals surface area contributed by atoms with Crippen LogP contribution >= 0.6 is 11.3 Å². The molecule has 3 aromatic rings. The molecule has 1 aliphatic heterocycles. The fourth-order valence-electron chi connectivity index (χ4n) is 2.72. The Bertz CT molecular complexity index is 785. The van der Waals surface area contributed by atoms with Gasteiger partial charge in [-0.15, -0.1) is 5.10 Å². The molecule has 4 rings (SSSR count). The van der Waals surface area contributed by atoms with Gasteiger partial charge in [-0.2, -0.15) is 5.10 Å². The largest absolute Gasteiger partial charge is 0.373 e. The molecule has 8 nitrogen and oxygen atoms in total. The number of imidazole rings is 1. The smallest absolute Gasteiger partial charge is 0.214 e. The Morgan fingerprint density at radius 3 is 2.96 bits per heavy atom. The minimum atomic E-state index is 0.0371. The average molecular weight is 347 g/mol. The molecule has 1 saturated heterocycles. The van der Waals surface area contributed by atoms with Crippen molar-refractivity contribution in [2.24, 2.45) is 0 Å². The summed E-state index contributed by atoms with van der Waals surface area (Å²) in [6, 6.07) is 0. The van der Waals surface area contributed by atoms with E-state index < -0.39 is 0 Å². The van der Waals surface area contributed by atoms with Crippen molar-refractivity contribution in [2.45, 2.75) is 38.8 Å². The molecule has 0 N–H and O–H groups in total. The number of hydrogen-bond donors (Lipinski definition) is 0. The molecule has 1 fully saturated rings. The number of ether oxygens (including phenoxy) is 1. The topological polar surface area (TPSA) is 73.4 Å².